The molecule has 0 saturated carbocycles. The Bertz CT molecular complexity index is 1340. The highest BCUT2D eigenvalue weighted by atomic mass is 16.5. The van der Waals surface area contributed by atoms with E-state index in [1.54, 1.807) is 16.6 Å². The summed E-state index contributed by atoms with van der Waals surface area (Å²) in [4.78, 5) is 58.5. The molecule has 1 atom stereocenters. The van der Waals surface area contributed by atoms with E-state index in [0.29, 0.717) is 39.1 Å². The maximum atomic E-state index is 13.5. The molecule has 1 N–H and O–H groups in total. The van der Waals surface area contributed by atoms with Crippen LogP contribution in [-0.2, 0) is 34.0 Å². The largest absolute Gasteiger partial charge is 0.383 e. The Morgan fingerprint density at radius 1 is 1.17 bits per heavy atom. The van der Waals surface area contributed by atoms with Crippen LogP contribution in [0.5, 0.6) is 0 Å². The van der Waals surface area contributed by atoms with Gasteiger partial charge in [-0.1, -0.05) is 30.3 Å². The van der Waals surface area contributed by atoms with Crippen LogP contribution in [0.4, 0.5) is 0 Å². The van der Waals surface area contributed by atoms with Crippen LogP contribution in [0.25, 0.3) is 11.2 Å². The van der Waals surface area contributed by atoms with Crippen molar-refractivity contribution < 1.29 is 14.3 Å². The number of nitrogens with one attached hydrogen (secondary N) is 1. The maximum absolute atomic E-state index is 13.5. The number of nitrogens with zero attached hydrogens (tertiary/aromatic N) is 5. The van der Waals surface area contributed by atoms with Gasteiger partial charge in [0.1, 0.15) is 6.54 Å². The third-order valence-corrected chi connectivity index (χ3v) is 6.49. The number of amides is 2. The predicted octanol–water partition coefficient (Wildman–Crippen LogP) is 0.429. The summed E-state index contributed by atoms with van der Waals surface area (Å²) < 4.78 is 9.21. The van der Waals surface area contributed by atoms with E-state index in [1.807, 2.05) is 37.3 Å². The zero-order chi connectivity index (χ0) is 25.7. The van der Waals surface area contributed by atoms with E-state index < -0.39 is 17.8 Å². The zero-order valence-electron chi connectivity index (χ0n) is 20.7. The van der Waals surface area contributed by atoms with Crippen molar-refractivity contribution in [2.24, 2.45) is 5.92 Å². The predicted molar refractivity (Wildman–Crippen MR) is 134 cm³/mol. The Morgan fingerprint density at radius 2 is 1.94 bits per heavy atom. The van der Waals surface area contributed by atoms with Gasteiger partial charge in [0.2, 0.25) is 11.8 Å². The summed E-state index contributed by atoms with van der Waals surface area (Å²) >= 11 is 0. The van der Waals surface area contributed by atoms with Gasteiger partial charge in [-0.3, -0.25) is 19.0 Å². The molecule has 11 heteroatoms. The average molecular weight is 497 g/mol. The molecule has 1 aromatic carbocycles. The van der Waals surface area contributed by atoms with Crippen LogP contribution in [0.15, 0.2) is 46.2 Å². The fourth-order valence-corrected chi connectivity index (χ4v) is 4.62. The van der Waals surface area contributed by atoms with Crippen LogP contribution in [0, 0.1) is 5.92 Å². The molecule has 3 heterocycles. The second-order valence-electron chi connectivity index (χ2n) is 8.92. The lowest BCUT2D eigenvalue weighted by Crippen LogP contribution is -2.49. The van der Waals surface area contributed by atoms with Crippen LogP contribution in [0.1, 0.15) is 25.3 Å². The SMILES string of the molecule is CCNC(=O)C1CCCN(C(=O)Cn2c(=O)c3c(ncn3CCOC)n(Cc3ccccc3)c2=O)C1. The summed E-state index contributed by atoms with van der Waals surface area (Å²) in [6.07, 6.45) is 2.90. The molecule has 0 bridgehead atoms. The molecule has 0 aliphatic carbocycles. The van der Waals surface area contributed by atoms with Crippen molar-refractivity contribution in [2.75, 3.05) is 33.4 Å². The van der Waals surface area contributed by atoms with Gasteiger partial charge in [-0.05, 0) is 25.3 Å². The standard InChI is InChI=1S/C25H32N6O5/c1-3-26-23(33)19-10-7-11-28(15-19)20(32)16-31-24(34)21-22(27-17-29(21)12-13-36-2)30(25(31)35)14-18-8-5-4-6-9-18/h4-6,8-9,17,19H,3,7,10-16H2,1-2H3,(H,26,33). The van der Waals surface area contributed by atoms with E-state index in [9.17, 15) is 19.2 Å². The molecule has 1 fully saturated rings. The number of hydrogen-bond donors (Lipinski definition) is 1. The number of piperidine rings is 1. The van der Waals surface area contributed by atoms with Gasteiger partial charge < -0.3 is 19.5 Å². The van der Waals surface area contributed by atoms with Crippen molar-refractivity contribution in [3.8, 4) is 0 Å². The first kappa shape index (κ1) is 25.4. The molecule has 2 amide bonds. The van der Waals surface area contributed by atoms with Gasteiger partial charge in [-0.25, -0.2) is 14.3 Å². The molecular formula is C25H32N6O5. The molecule has 1 saturated heterocycles. The normalized spacial score (nSPS) is 15.8. The van der Waals surface area contributed by atoms with E-state index in [0.717, 1.165) is 10.1 Å². The fraction of sp³-hybridized carbons (Fsp3) is 0.480. The lowest BCUT2D eigenvalue weighted by atomic mass is 9.97. The Hall–Kier alpha value is -3.73. The third kappa shape index (κ3) is 5.25. The van der Waals surface area contributed by atoms with Crippen LogP contribution in [-0.4, -0.2) is 68.8 Å². The highest BCUT2D eigenvalue weighted by Crippen LogP contribution is 2.17. The molecule has 0 spiro atoms. The minimum atomic E-state index is -0.598. The van der Waals surface area contributed by atoms with E-state index in [2.05, 4.69) is 10.3 Å². The van der Waals surface area contributed by atoms with Gasteiger partial charge in [-0.2, -0.15) is 0 Å². The number of carbonyl (C=O) groups is 2. The summed E-state index contributed by atoms with van der Waals surface area (Å²) in [6.45, 7) is 3.66. The number of imidazole rings is 1. The number of hydrogen-bond acceptors (Lipinski definition) is 6. The van der Waals surface area contributed by atoms with Crippen molar-refractivity contribution in [3.63, 3.8) is 0 Å². The van der Waals surface area contributed by atoms with Gasteiger partial charge in [0.25, 0.3) is 5.56 Å². The minimum absolute atomic E-state index is 0.0825. The molecular weight excluding hydrogens is 464 g/mol. The molecule has 11 nitrogen and oxygen atoms in total. The summed E-state index contributed by atoms with van der Waals surface area (Å²) in [5.41, 5.74) is 0.208. The monoisotopic (exact) mass is 496 g/mol. The number of ether oxygens (including phenoxy) is 1. The third-order valence-electron chi connectivity index (χ3n) is 6.49. The van der Waals surface area contributed by atoms with Gasteiger partial charge in [-0.15, -0.1) is 0 Å². The molecule has 1 unspecified atom stereocenters. The number of likely N-dealkylation sites (tertiary alicyclic amines) is 1. The lowest BCUT2D eigenvalue weighted by molar-refractivity contribution is -0.136. The first-order valence-electron chi connectivity index (χ1n) is 12.2. The summed E-state index contributed by atoms with van der Waals surface area (Å²) in [6, 6.07) is 9.39. The first-order valence-corrected chi connectivity index (χ1v) is 12.2. The first-order chi connectivity index (χ1) is 17.4. The molecule has 3 aromatic rings. The maximum Gasteiger partial charge on any atom is 0.333 e. The van der Waals surface area contributed by atoms with Gasteiger partial charge in [0.05, 0.1) is 25.4 Å². The van der Waals surface area contributed by atoms with Crippen molar-refractivity contribution in [1.82, 2.24) is 28.9 Å². The van der Waals surface area contributed by atoms with Crippen LogP contribution in [0.3, 0.4) is 0 Å². The second-order valence-corrected chi connectivity index (χ2v) is 8.92. The Kier molecular flexibility index (Phi) is 7.99. The number of carbonyl (C=O) groups excluding carboxylic acids is 2. The zero-order valence-corrected chi connectivity index (χ0v) is 20.7. The van der Waals surface area contributed by atoms with Crippen LogP contribution >= 0.6 is 0 Å². The topological polar surface area (TPSA) is 120 Å². The van der Waals surface area contributed by atoms with Crippen molar-refractivity contribution in [2.45, 2.75) is 39.4 Å². The van der Waals surface area contributed by atoms with Gasteiger partial charge in [0, 0.05) is 33.3 Å². The fourth-order valence-electron chi connectivity index (χ4n) is 4.62. The van der Waals surface area contributed by atoms with Crippen LogP contribution in [0.2, 0.25) is 0 Å². The van der Waals surface area contributed by atoms with E-state index >= 15 is 0 Å². The molecule has 0 radical (unpaired) electrons. The summed E-state index contributed by atoms with van der Waals surface area (Å²) in [7, 11) is 1.56. The minimum Gasteiger partial charge on any atom is -0.383 e. The average Bonchev–Trinajstić information content (AvgIpc) is 3.32. The Balaban J connectivity index is 1.71. The highest BCUT2D eigenvalue weighted by molar-refractivity contribution is 5.81. The number of rotatable bonds is 9. The Morgan fingerprint density at radius 3 is 2.67 bits per heavy atom. The van der Waals surface area contributed by atoms with Crippen LogP contribution < -0.4 is 16.6 Å². The smallest absolute Gasteiger partial charge is 0.333 e. The van der Waals surface area contributed by atoms with Crippen molar-refractivity contribution in [3.05, 3.63) is 63.1 Å². The molecule has 192 valence electrons. The molecule has 1 aliphatic heterocycles. The van der Waals surface area contributed by atoms with Gasteiger partial charge >= 0.3 is 5.69 Å². The molecule has 2 aromatic heterocycles. The van der Waals surface area contributed by atoms with E-state index in [1.165, 1.54) is 10.9 Å². The quantitative estimate of drug-likeness (QED) is 0.459. The number of methoxy groups -OCH3 is 1. The highest BCUT2D eigenvalue weighted by Gasteiger charge is 2.29. The van der Waals surface area contributed by atoms with E-state index in [4.69, 9.17) is 4.74 Å². The number of aromatic nitrogens is 4. The molecule has 4 rings (SSSR count). The molecule has 36 heavy (non-hydrogen) atoms. The molecule has 1 aliphatic rings. The lowest BCUT2D eigenvalue weighted by Gasteiger charge is -2.32. The number of benzene rings is 1. The van der Waals surface area contributed by atoms with Crippen molar-refractivity contribution in [1.29, 1.82) is 0 Å². The summed E-state index contributed by atoms with van der Waals surface area (Å²) in [5, 5.41) is 2.81. The Labute approximate surface area is 208 Å². The van der Waals surface area contributed by atoms with Gasteiger partial charge in [0.15, 0.2) is 11.2 Å². The second kappa shape index (κ2) is 11.3. The van der Waals surface area contributed by atoms with Crippen molar-refractivity contribution >= 4 is 23.0 Å². The summed E-state index contributed by atoms with van der Waals surface area (Å²) in [5.74, 6) is -0.746. The number of fused-ring (bicyclic) bond motifs is 1. The van der Waals surface area contributed by atoms with E-state index in [-0.39, 0.29) is 42.0 Å².